The minimum atomic E-state index is -0.619. The molecule has 92 valence electrons. The van der Waals surface area contributed by atoms with Crippen LogP contribution in [-0.2, 0) is 4.79 Å². The zero-order valence-electron chi connectivity index (χ0n) is 8.99. The molecule has 0 fully saturated rings. The van der Waals surface area contributed by atoms with Gasteiger partial charge >= 0.3 is 0 Å². The topological polar surface area (TPSA) is 110 Å². The van der Waals surface area contributed by atoms with E-state index in [4.69, 9.17) is 17.4 Å². The summed E-state index contributed by atoms with van der Waals surface area (Å²) in [5.74, 6) is 4.91. The quantitative estimate of drug-likeness (QED) is 0.434. The van der Waals surface area contributed by atoms with Crippen LogP contribution in [0.2, 0.25) is 5.02 Å². The maximum Gasteiger partial charge on any atom is 0.295 e. The number of hydrogen-bond acceptors (Lipinski definition) is 5. The Kier molecular flexibility index (Phi) is 4.24. The van der Waals surface area contributed by atoms with E-state index < -0.39 is 4.92 Å². The van der Waals surface area contributed by atoms with E-state index in [1.807, 2.05) is 0 Å². The fraction of sp³-hybridized carbons (Fsp3) is 0.222. The molecule has 0 saturated carbocycles. The Morgan fingerprint density at radius 2 is 2.18 bits per heavy atom. The van der Waals surface area contributed by atoms with Crippen LogP contribution in [-0.4, -0.2) is 10.8 Å². The van der Waals surface area contributed by atoms with Crippen molar-refractivity contribution in [3.63, 3.8) is 0 Å². The number of benzene rings is 1. The van der Waals surface area contributed by atoms with E-state index in [1.54, 1.807) is 6.92 Å². The summed E-state index contributed by atoms with van der Waals surface area (Å²) in [6.07, 6.45) is 0.276. The molecule has 0 aliphatic heterocycles. The minimum Gasteiger partial charge on any atom is -0.325 e. The van der Waals surface area contributed by atoms with Gasteiger partial charge in [-0.05, 0) is 6.07 Å². The van der Waals surface area contributed by atoms with Crippen LogP contribution in [0.4, 0.5) is 17.1 Å². The number of nitro groups is 1. The van der Waals surface area contributed by atoms with E-state index >= 15 is 0 Å². The predicted molar refractivity (Wildman–Crippen MR) is 64.8 cm³/mol. The molecule has 0 heterocycles. The van der Waals surface area contributed by atoms with Gasteiger partial charge in [-0.2, -0.15) is 0 Å². The summed E-state index contributed by atoms with van der Waals surface area (Å²) in [5, 5.41) is 13.3. The molecule has 1 aromatic rings. The van der Waals surface area contributed by atoms with Gasteiger partial charge in [0.1, 0.15) is 5.69 Å². The van der Waals surface area contributed by atoms with Gasteiger partial charge in [0.2, 0.25) is 5.91 Å². The summed E-state index contributed by atoms with van der Waals surface area (Å²) < 4.78 is 0. The predicted octanol–water partition coefficient (Wildman–Crippen LogP) is 1.88. The second-order valence-corrected chi connectivity index (χ2v) is 3.56. The first-order valence-electron chi connectivity index (χ1n) is 4.74. The van der Waals surface area contributed by atoms with Crippen LogP contribution < -0.4 is 16.6 Å². The van der Waals surface area contributed by atoms with Crippen LogP contribution in [0.1, 0.15) is 13.3 Å². The van der Waals surface area contributed by atoms with Crippen LogP contribution in [0.5, 0.6) is 0 Å². The largest absolute Gasteiger partial charge is 0.325 e. The third-order valence-corrected chi connectivity index (χ3v) is 2.35. The lowest BCUT2D eigenvalue weighted by Crippen LogP contribution is -2.13. The standard InChI is InChI=1S/C9H11ClN4O3/c1-2-9(15)12-6-4-7(13-11)8(14(16)17)3-5(6)10/h3-4,13H,2,11H2,1H3,(H,12,15). The second-order valence-electron chi connectivity index (χ2n) is 3.15. The van der Waals surface area contributed by atoms with Crippen molar-refractivity contribution in [3.05, 3.63) is 27.3 Å². The molecular weight excluding hydrogens is 248 g/mol. The van der Waals surface area contributed by atoms with Crippen molar-refractivity contribution in [1.82, 2.24) is 0 Å². The molecule has 7 nitrogen and oxygen atoms in total. The van der Waals surface area contributed by atoms with Gasteiger partial charge in [0.15, 0.2) is 0 Å². The first-order chi connectivity index (χ1) is 7.99. The van der Waals surface area contributed by atoms with Crippen molar-refractivity contribution < 1.29 is 9.72 Å². The number of carbonyl (C=O) groups excluding carboxylic acids is 1. The number of anilines is 2. The highest BCUT2D eigenvalue weighted by Crippen LogP contribution is 2.33. The Morgan fingerprint density at radius 1 is 1.53 bits per heavy atom. The molecule has 8 heteroatoms. The zero-order chi connectivity index (χ0) is 13.0. The number of nitro benzene ring substituents is 1. The second kappa shape index (κ2) is 5.46. The van der Waals surface area contributed by atoms with Gasteiger partial charge in [-0.1, -0.05) is 18.5 Å². The molecule has 1 rings (SSSR count). The van der Waals surface area contributed by atoms with E-state index in [0.717, 1.165) is 6.07 Å². The molecule has 0 bridgehead atoms. The van der Waals surface area contributed by atoms with Crippen molar-refractivity contribution >= 4 is 34.6 Å². The van der Waals surface area contributed by atoms with Crippen molar-refractivity contribution in [1.29, 1.82) is 0 Å². The number of hydrogen-bond donors (Lipinski definition) is 3. The van der Waals surface area contributed by atoms with E-state index in [9.17, 15) is 14.9 Å². The summed E-state index contributed by atoms with van der Waals surface area (Å²) in [5.41, 5.74) is 2.28. The average molecular weight is 259 g/mol. The van der Waals surface area contributed by atoms with Crippen LogP contribution in [0, 0.1) is 10.1 Å². The van der Waals surface area contributed by atoms with E-state index in [2.05, 4.69) is 10.7 Å². The van der Waals surface area contributed by atoms with Gasteiger partial charge < -0.3 is 10.7 Å². The number of nitrogen functional groups attached to an aromatic ring is 1. The molecule has 0 aliphatic carbocycles. The Labute approximate surface area is 102 Å². The molecule has 0 aliphatic rings. The molecule has 4 N–H and O–H groups in total. The summed E-state index contributed by atoms with van der Waals surface area (Å²) in [6.45, 7) is 1.68. The maximum atomic E-state index is 11.2. The first-order valence-corrected chi connectivity index (χ1v) is 5.11. The lowest BCUT2D eigenvalue weighted by molar-refractivity contribution is -0.383. The first kappa shape index (κ1) is 13.2. The molecule has 0 atom stereocenters. The third-order valence-electron chi connectivity index (χ3n) is 2.03. The van der Waals surface area contributed by atoms with Crippen molar-refractivity contribution in [2.24, 2.45) is 5.84 Å². The zero-order valence-corrected chi connectivity index (χ0v) is 9.75. The van der Waals surface area contributed by atoms with Gasteiger partial charge in [-0.3, -0.25) is 20.8 Å². The van der Waals surface area contributed by atoms with Gasteiger partial charge in [-0.15, -0.1) is 0 Å². The number of rotatable bonds is 4. The molecule has 1 aromatic carbocycles. The smallest absolute Gasteiger partial charge is 0.295 e. The monoisotopic (exact) mass is 258 g/mol. The molecule has 0 saturated heterocycles. The number of carbonyl (C=O) groups is 1. The summed E-state index contributed by atoms with van der Waals surface area (Å²) >= 11 is 5.82. The normalized spacial score (nSPS) is 9.82. The van der Waals surface area contributed by atoms with E-state index in [-0.39, 0.29) is 34.4 Å². The Bertz CT molecular complexity index is 464. The van der Waals surface area contributed by atoms with Gasteiger partial charge in [-0.25, -0.2) is 0 Å². The fourth-order valence-corrected chi connectivity index (χ4v) is 1.37. The number of amides is 1. The molecular formula is C9H11ClN4O3. The number of hydrazine groups is 1. The maximum absolute atomic E-state index is 11.2. The summed E-state index contributed by atoms with van der Waals surface area (Å²) in [4.78, 5) is 21.3. The number of nitrogens with zero attached hydrogens (tertiary/aromatic N) is 1. The van der Waals surface area contributed by atoms with E-state index in [1.165, 1.54) is 6.07 Å². The average Bonchev–Trinajstić information content (AvgIpc) is 2.30. The number of nitrogens with one attached hydrogen (secondary N) is 2. The van der Waals surface area contributed by atoms with Crippen molar-refractivity contribution in [2.75, 3.05) is 10.7 Å². The fourth-order valence-electron chi connectivity index (χ4n) is 1.16. The Hall–Kier alpha value is -1.86. The third kappa shape index (κ3) is 3.05. The van der Waals surface area contributed by atoms with Crippen LogP contribution in [0.15, 0.2) is 12.1 Å². The highest BCUT2D eigenvalue weighted by molar-refractivity contribution is 6.34. The molecule has 0 radical (unpaired) electrons. The van der Waals surface area contributed by atoms with Crippen molar-refractivity contribution in [3.8, 4) is 0 Å². The highest BCUT2D eigenvalue weighted by atomic mass is 35.5. The molecule has 0 spiro atoms. The summed E-state index contributed by atoms with van der Waals surface area (Å²) in [7, 11) is 0. The van der Waals surface area contributed by atoms with E-state index in [0.29, 0.717) is 0 Å². The summed E-state index contributed by atoms with van der Waals surface area (Å²) in [6, 6.07) is 2.44. The molecule has 17 heavy (non-hydrogen) atoms. The van der Waals surface area contributed by atoms with Gasteiger partial charge in [0.05, 0.1) is 15.6 Å². The Balaban J connectivity index is 3.17. The van der Waals surface area contributed by atoms with Crippen molar-refractivity contribution in [2.45, 2.75) is 13.3 Å². The van der Waals surface area contributed by atoms with Gasteiger partial charge in [0, 0.05) is 12.5 Å². The van der Waals surface area contributed by atoms with Crippen LogP contribution >= 0.6 is 11.6 Å². The van der Waals surface area contributed by atoms with Gasteiger partial charge in [0.25, 0.3) is 5.69 Å². The molecule has 0 aromatic heterocycles. The van der Waals surface area contributed by atoms with Crippen LogP contribution in [0.3, 0.4) is 0 Å². The highest BCUT2D eigenvalue weighted by Gasteiger charge is 2.17. The number of nitrogens with two attached hydrogens (primary N) is 1. The SMILES string of the molecule is CCC(=O)Nc1cc(NN)c([N+](=O)[O-])cc1Cl. The minimum absolute atomic E-state index is 0.0748. The molecule has 0 unspecified atom stereocenters. The lowest BCUT2D eigenvalue weighted by atomic mass is 10.2. The Morgan fingerprint density at radius 3 is 2.65 bits per heavy atom. The molecule has 1 amide bonds. The number of halogens is 1. The lowest BCUT2D eigenvalue weighted by Gasteiger charge is -2.09. The van der Waals surface area contributed by atoms with Crippen LogP contribution in [0.25, 0.3) is 0 Å².